The SMILES string of the molecule is CCOC(=O)CNCc1ccc(Cl)cc1CNC(=O)Cc1c(C)cnn(CCc2ccccn2)c1=O. The Hall–Kier alpha value is -3.56. The van der Waals surface area contributed by atoms with Crippen molar-refractivity contribution < 1.29 is 14.3 Å². The minimum absolute atomic E-state index is 0.0617. The number of amides is 1. The number of esters is 1. The summed E-state index contributed by atoms with van der Waals surface area (Å²) in [7, 11) is 0. The fourth-order valence-corrected chi connectivity index (χ4v) is 3.81. The standard InChI is InChI=1S/C26H30ClN5O4/c1-3-36-25(34)17-28-15-19-7-8-21(27)12-20(19)16-30-24(33)13-23-18(2)14-31-32(26(23)35)11-9-22-6-4-5-10-29-22/h4-8,10,12,14,28H,3,9,11,13,15-17H2,1-2H3,(H,30,33). The number of halogens is 1. The van der Waals surface area contributed by atoms with Crippen LogP contribution in [0.25, 0.3) is 0 Å². The fourth-order valence-electron chi connectivity index (χ4n) is 3.61. The number of rotatable bonds is 12. The van der Waals surface area contributed by atoms with Crippen LogP contribution in [0.1, 0.15) is 34.9 Å². The molecule has 0 aliphatic heterocycles. The monoisotopic (exact) mass is 511 g/mol. The Kier molecular flexibility index (Phi) is 10.1. The molecule has 1 aromatic carbocycles. The molecule has 0 atom stereocenters. The van der Waals surface area contributed by atoms with Gasteiger partial charge in [0.05, 0.1) is 32.3 Å². The van der Waals surface area contributed by atoms with Crippen LogP contribution < -0.4 is 16.2 Å². The molecule has 0 aliphatic rings. The molecule has 1 amide bonds. The first-order chi connectivity index (χ1) is 17.4. The summed E-state index contributed by atoms with van der Waals surface area (Å²) in [6.07, 6.45) is 3.81. The normalized spacial score (nSPS) is 10.8. The van der Waals surface area contributed by atoms with Gasteiger partial charge in [0.2, 0.25) is 5.91 Å². The van der Waals surface area contributed by atoms with Gasteiger partial charge in [0.25, 0.3) is 5.56 Å². The third-order valence-electron chi connectivity index (χ3n) is 5.54. The average Bonchev–Trinajstić information content (AvgIpc) is 2.86. The lowest BCUT2D eigenvalue weighted by molar-refractivity contribution is -0.142. The molecular weight excluding hydrogens is 482 g/mol. The van der Waals surface area contributed by atoms with E-state index in [1.165, 1.54) is 4.68 Å². The second kappa shape index (κ2) is 13.5. The molecule has 0 saturated carbocycles. The Labute approximate surface area is 214 Å². The molecule has 9 nitrogen and oxygen atoms in total. The molecule has 2 N–H and O–H groups in total. The van der Waals surface area contributed by atoms with Gasteiger partial charge in [-0.15, -0.1) is 0 Å². The summed E-state index contributed by atoms with van der Waals surface area (Å²) in [6.45, 7) is 4.93. The quantitative estimate of drug-likeness (QED) is 0.359. The average molecular weight is 512 g/mol. The van der Waals surface area contributed by atoms with Crippen LogP contribution in [0, 0.1) is 6.92 Å². The highest BCUT2D eigenvalue weighted by Crippen LogP contribution is 2.16. The zero-order chi connectivity index (χ0) is 25.9. The van der Waals surface area contributed by atoms with Gasteiger partial charge in [0.1, 0.15) is 0 Å². The maximum atomic E-state index is 13.0. The molecule has 0 saturated heterocycles. The van der Waals surface area contributed by atoms with Gasteiger partial charge in [0, 0.05) is 42.0 Å². The highest BCUT2D eigenvalue weighted by atomic mass is 35.5. The van der Waals surface area contributed by atoms with Crippen LogP contribution in [-0.2, 0) is 46.8 Å². The van der Waals surface area contributed by atoms with E-state index in [-0.39, 0.29) is 36.9 Å². The second-order valence-corrected chi connectivity index (χ2v) is 8.62. The van der Waals surface area contributed by atoms with Crippen molar-refractivity contribution in [2.45, 2.75) is 46.3 Å². The van der Waals surface area contributed by atoms with Gasteiger partial charge < -0.3 is 15.4 Å². The van der Waals surface area contributed by atoms with Gasteiger partial charge in [-0.25, -0.2) is 4.68 Å². The molecular formula is C26H30ClN5O4. The summed E-state index contributed by atoms with van der Waals surface area (Å²) in [6, 6.07) is 11.0. The molecule has 10 heteroatoms. The minimum Gasteiger partial charge on any atom is -0.465 e. The van der Waals surface area contributed by atoms with E-state index in [0.29, 0.717) is 42.3 Å². The smallest absolute Gasteiger partial charge is 0.319 e. The van der Waals surface area contributed by atoms with Crippen molar-refractivity contribution in [2.75, 3.05) is 13.2 Å². The Morgan fingerprint density at radius 1 is 1.14 bits per heavy atom. The van der Waals surface area contributed by atoms with Crippen LogP contribution in [0.4, 0.5) is 0 Å². The summed E-state index contributed by atoms with van der Waals surface area (Å²) in [5, 5.41) is 10.7. The lowest BCUT2D eigenvalue weighted by atomic mass is 10.1. The summed E-state index contributed by atoms with van der Waals surface area (Å²) in [4.78, 5) is 41.6. The number of hydrogen-bond acceptors (Lipinski definition) is 7. The van der Waals surface area contributed by atoms with Crippen LogP contribution in [0.15, 0.2) is 53.6 Å². The van der Waals surface area contributed by atoms with Gasteiger partial charge in [-0.1, -0.05) is 23.7 Å². The van der Waals surface area contributed by atoms with Gasteiger partial charge in [-0.3, -0.25) is 19.4 Å². The Morgan fingerprint density at radius 3 is 2.72 bits per heavy atom. The van der Waals surface area contributed by atoms with Gasteiger partial charge in [-0.05, 0) is 54.8 Å². The minimum atomic E-state index is -0.334. The van der Waals surface area contributed by atoms with Crippen molar-refractivity contribution in [3.63, 3.8) is 0 Å². The zero-order valence-electron chi connectivity index (χ0n) is 20.4. The Morgan fingerprint density at radius 2 is 1.97 bits per heavy atom. The summed E-state index contributed by atoms with van der Waals surface area (Å²) in [5.74, 6) is -0.622. The summed E-state index contributed by atoms with van der Waals surface area (Å²) in [5.41, 5.74) is 3.35. The number of nitrogens with one attached hydrogen (secondary N) is 2. The molecule has 2 heterocycles. The highest BCUT2D eigenvalue weighted by Gasteiger charge is 2.14. The molecule has 0 spiro atoms. The van der Waals surface area contributed by atoms with Crippen LogP contribution in [-0.4, -0.2) is 39.8 Å². The van der Waals surface area contributed by atoms with Crippen LogP contribution in [0.2, 0.25) is 5.02 Å². The van der Waals surface area contributed by atoms with Crippen LogP contribution in [0.3, 0.4) is 0 Å². The van der Waals surface area contributed by atoms with Gasteiger partial charge >= 0.3 is 5.97 Å². The molecule has 0 aliphatic carbocycles. The highest BCUT2D eigenvalue weighted by molar-refractivity contribution is 6.30. The van der Waals surface area contributed by atoms with E-state index in [1.54, 1.807) is 38.4 Å². The molecule has 3 aromatic rings. The predicted molar refractivity (Wildman–Crippen MR) is 137 cm³/mol. The Bertz CT molecular complexity index is 1250. The second-order valence-electron chi connectivity index (χ2n) is 8.18. The topological polar surface area (TPSA) is 115 Å². The van der Waals surface area contributed by atoms with Crippen molar-refractivity contribution in [3.8, 4) is 0 Å². The number of carbonyl (C=O) groups is 2. The molecule has 0 radical (unpaired) electrons. The van der Waals surface area contributed by atoms with E-state index in [2.05, 4.69) is 20.7 Å². The zero-order valence-corrected chi connectivity index (χ0v) is 21.2. The third kappa shape index (κ3) is 8.00. The number of carbonyl (C=O) groups excluding carboxylic acids is 2. The van der Waals surface area contributed by atoms with Crippen molar-refractivity contribution >= 4 is 23.5 Å². The first-order valence-corrected chi connectivity index (χ1v) is 12.1. The van der Waals surface area contributed by atoms with E-state index in [1.807, 2.05) is 24.3 Å². The van der Waals surface area contributed by atoms with Crippen molar-refractivity contribution in [3.05, 3.63) is 92.1 Å². The number of benzene rings is 1. The third-order valence-corrected chi connectivity index (χ3v) is 5.77. The van der Waals surface area contributed by atoms with Crippen LogP contribution in [0.5, 0.6) is 0 Å². The molecule has 0 bridgehead atoms. The van der Waals surface area contributed by atoms with E-state index < -0.39 is 0 Å². The molecule has 0 unspecified atom stereocenters. The van der Waals surface area contributed by atoms with E-state index in [0.717, 1.165) is 16.8 Å². The maximum absolute atomic E-state index is 13.0. The molecule has 0 fully saturated rings. The number of aryl methyl sites for hydroxylation is 3. The fraction of sp³-hybridized carbons (Fsp3) is 0.346. The van der Waals surface area contributed by atoms with Gasteiger partial charge in [0.15, 0.2) is 0 Å². The lowest BCUT2D eigenvalue weighted by Crippen LogP contribution is -2.33. The molecule has 190 valence electrons. The molecule has 3 rings (SSSR count). The van der Waals surface area contributed by atoms with E-state index >= 15 is 0 Å². The first kappa shape index (κ1) is 27.0. The van der Waals surface area contributed by atoms with Crippen LogP contribution >= 0.6 is 11.6 Å². The summed E-state index contributed by atoms with van der Waals surface area (Å²) >= 11 is 6.16. The largest absolute Gasteiger partial charge is 0.465 e. The van der Waals surface area contributed by atoms with Crippen molar-refractivity contribution in [2.24, 2.45) is 0 Å². The lowest BCUT2D eigenvalue weighted by Gasteiger charge is -2.13. The number of pyridine rings is 1. The van der Waals surface area contributed by atoms with E-state index in [9.17, 15) is 14.4 Å². The molecule has 36 heavy (non-hydrogen) atoms. The van der Waals surface area contributed by atoms with E-state index in [4.69, 9.17) is 16.3 Å². The maximum Gasteiger partial charge on any atom is 0.319 e. The number of aromatic nitrogens is 3. The van der Waals surface area contributed by atoms with Crippen molar-refractivity contribution in [1.29, 1.82) is 0 Å². The number of ether oxygens (including phenoxy) is 1. The van der Waals surface area contributed by atoms with Gasteiger partial charge in [-0.2, -0.15) is 5.10 Å². The summed E-state index contributed by atoms with van der Waals surface area (Å²) < 4.78 is 6.29. The number of hydrogen-bond donors (Lipinski definition) is 2. The Balaban J connectivity index is 1.61. The number of nitrogens with zero attached hydrogens (tertiary/aromatic N) is 3. The predicted octanol–water partition coefficient (Wildman–Crippen LogP) is 2.35. The molecule has 2 aromatic heterocycles. The van der Waals surface area contributed by atoms with Crippen molar-refractivity contribution in [1.82, 2.24) is 25.4 Å². The first-order valence-electron chi connectivity index (χ1n) is 11.7.